The van der Waals surface area contributed by atoms with Crippen molar-refractivity contribution in [2.75, 3.05) is 0 Å². The van der Waals surface area contributed by atoms with Gasteiger partial charge in [0.25, 0.3) is 5.89 Å². The molecule has 0 unspecified atom stereocenters. The van der Waals surface area contributed by atoms with E-state index in [2.05, 4.69) is 36.2 Å². The molecule has 0 fully saturated rings. The largest absolute Gasteiger partial charge is 0.471 e. The minimum atomic E-state index is -3.84. The van der Waals surface area contributed by atoms with E-state index in [9.17, 15) is 8.42 Å². The summed E-state index contributed by atoms with van der Waals surface area (Å²) in [5.74, 6) is 0.902. The molecule has 3 aromatic heterocycles. The van der Waals surface area contributed by atoms with Crippen molar-refractivity contribution in [3.8, 4) is 28.7 Å². The maximum atomic E-state index is 11.6. The van der Waals surface area contributed by atoms with E-state index < -0.39 is 10.0 Å². The maximum Gasteiger partial charge on any atom is 0.261 e. The molecule has 0 atom stereocenters. The van der Waals surface area contributed by atoms with E-state index in [0.29, 0.717) is 22.7 Å². The van der Waals surface area contributed by atoms with Crippen molar-refractivity contribution in [1.82, 2.24) is 24.9 Å². The third-order valence-electron chi connectivity index (χ3n) is 4.20. The molecule has 2 N–H and O–H groups in total. The van der Waals surface area contributed by atoms with E-state index in [-0.39, 0.29) is 23.2 Å². The van der Waals surface area contributed by atoms with Gasteiger partial charge < -0.3 is 9.26 Å². The van der Waals surface area contributed by atoms with Gasteiger partial charge in [-0.25, -0.2) is 18.5 Å². The number of hydrogen-bond donors (Lipinski definition) is 1. The Morgan fingerprint density at radius 3 is 2.80 bits per heavy atom. The van der Waals surface area contributed by atoms with Crippen LogP contribution in [0.25, 0.3) is 22.8 Å². The van der Waals surface area contributed by atoms with Crippen LogP contribution >= 0.6 is 15.9 Å². The predicted octanol–water partition coefficient (Wildman–Crippen LogP) is 2.52. The van der Waals surface area contributed by atoms with Crippen LogP contribution in [0.15, 0.2) is 62.7 Å². The first kappa shape index (κ1) is 20.2. The van der Waals surface area contributed by atoms with Gasteiger partial charge in [-0.05, 0) is 34.1 Å². The van der Waals surface area contributed by atoms with E-state index in [1.807, 2.05) is 6.07 Å². The van der Waals surface area contributed by atoms with E-state index in [1.165, 1.54) is 12.1 Å². The van der Waals surface area contributed by atoms with Crippen molar-refractivity contribution < 1.29 is 17.7 Å². The second-order valence-corrected chi connectivity index (χ2v) is 8.70. The van der Waals surface area contributed by atoms with Crippen molar-refractivity contribution in [3.63, 3.8) is 0 Å². The van der Waals surface area contributed by atoms with Crippen LogP contribution in [0.4, 0.5) is 0 Å². The summed E-state index contributed by atoms with van der Waals surface area (Å²) in [6.07, 6.45) is 3.23. The summed E-state index contributed by atoms with van der Waals surface area (Å²) in [5, 5.41) is 13.4. The molecule has 3 heterocycles. The summed E-state index contributed by atoms with van der Waals surface area (Å²) in [7, 11) is -2.08. The van der Waals surface area contributed by atoms with Crippen molar-refractivity contribution in [3.05, 3.63) is 59.0 Å². The van der Waals surface area contributed by atoms with Crippen LogP contribution in [-0.4, -0.2) is 33.3 Å². The molecule has 0 saturated heterocycles. The van der Waals surface area contributed by atoms with Gasteiger partial charge in [-0.2, -0.15) is 10.1 Å². The molecular formula is C18H15BrN6O4S. The molecule has 154 valence electrons. The number of nitrogens with two attached hydrogens (primary N) is 1. The number of hydrogen-bond acceptors (Lipinski definition) is 8. The highest BCUT2D eigenvalue weighted by molar-refractivity contribution is 9.10. The van der Waals surface area contributed by atoms with Crippen molar-refractivity contribution in [2.45, 2.75) is 11.5 Å². The van der Waals surface area contributed by atoms with Gasteiger partial charge in [0.15, 0.2) is 0 Å². The molecule has 0 aliphatic heterocycles. The molecule has 0 spiro atoms. The number of ether oxygens (including phenoxy) is 1. The average molecular weight is 491 g/mol. The van der Waals surface area contributed by atoms with Gasteiger partial charge in [0.1, 0.15) is 6.61 Å². The molecule has 0 aliphatic rings. The fourth-order valence-electron chi connectivity index (χ4n) is 2.66. The Morgan fingerprint density at radius 1 is 1.23 bits per heavy atom. The lowest BCUT2D eigenvalue weighted by Gasteiger charge is -2.06. The monoisotopic (exact) mass is 490 g/mol. The number of rotatable bonds is 6. The van der Waals surface area contributed by atoms with Crippen LogP contribution in [0.1, 0.15) is 5.69 Å². The Balaban J connectivity index is 1.61. The van der Waals surface area contributed by atoms with Gasteiger partial charge in [-0.15, -0.1) is 0 Å². The van der Waals surface area contributed by atoms with Crippen molar-refractivity contribution in [1.29, 1.82) is 0 Å². The predicted molar refractivity (Wildman–Crippen MR) is 110 cm³/mol. The van der Waals surface area contributed by atoms with Gasteiger partial charge >= 0.3 is 0 Å². The summed E-state index contributed by atoms with van der Waals surface area (Å²) < 4.78 is 36.8. The molecule has 0 amide bonds. The summed E-state index contributed by atoms with van der Waals surface area (Å²) in [6, 6.07) is 9.56. The van der Waals surface area contributed by atoms with Crippen LogP contribution in [0.5, 0.6) is 5.88 Å². The molecule has 1 aromatic carbocycles. The minimum absolute atomic E-state index is 0.0381. The van der Waals surface area contributed by atoms with Gasteiger partial charge in [0.2, 0.25) is 21.7 Å². The van der Waals surface area contributed by atoms with Crippen LogP contribution in [-0.2, 0) is 23.7 Å². The molecule has 0 radical (unpaired) electrons. The lowest BCUT2D eigenvalue weighted by molar-refractivity contribution is 0.283. The average Bonchev–Trinajstić information content (AvgIpc) is 3.34. The number of nitrogens with zero attached hydrogens (tertiary/aromatic N) is 5. The fraction of sp³-hybridized carbons (Fsp3) is 0.111. The number of benzene rings is 1. The van der Waals surface area contributed by atoms with Crippen LogP contribution in [0.2, 0.25) is 0 Å². The summed E-state index contributed by atoms with van der Waals surface area (Å²) in [5.41, 5.74) is 1.75. The van der Waals surface area contributed by atoms with Gasteiger partial charge in [0.05, 0.1) is 22.3 Å². The Kier molecular flexibility index (Phi) is 5.37. The number of halogens is 1. The third-order valence-corrected chi connectivity index (χ3v) is 5.58. The van der Waals surface area contributed by atoms with E-state index >= 15 is 0 Å². The van der Waals surface area contributed by atoms with E-state index in [1.54, 1.807) is 42.3 Å². The summed E-state index contributed by atoms with van der Waals surface area (Å²) >= 11 is 3.33. The Hall–Kier alpha value is -3.09. The zero-order chi connectivity index (χ0) is 21.3. The molecule has 4 aromatic rings. The fourth-order valence-corrected chi connectivity index (χ4v) is 3.46. The van der Waals surface area contributed by atoms with Crippen LogP contribution in [0.3, 0.4) is 0 Å². The zero-order valence-corrected chi connectivity index (χ0v) is 18.0. The number of aryl methyl sites for hydroxylation is 1. The molecule has 12 heteroatoms. The quantitative estimate of drug-likeness (QED) is 0.434. The highest BCUT2D eigenvalue weighted by Gasteiger charge is 2.19. The Bertz CT molecular complexity index is 1300. The first-order chi connectivity index (χ1) is 14.3. The Morgan fingerprint density at radius 2 is 2.07 bits per heavy atom. The SMILES string of the molecule is Cn1ncc(-c2nc(-c3cccc(S(N)(=O)=O)c3)no2)c1COc1ccc(Br)cn1. The molecule has 0 saturated carbocycles. The van der Waals surface area contributed by atoms with Crippen LogP contribution < -0.4 is 9.88 Å². The molecular weight excluding hydrogens is 476 g/mol. The molecule has 30 heavy (non-hydrogen) atoms. The van der Waals surface area contributed by atoms with E-state index in [0.717, 1.165) is 4.47 Å². The molecule has 4 rings (SSSR count). The second-order valence-electron chi connectivity index (χ2n) is 6.23. The number of pyridine rings is 1. The third kappa shape index (κ3) is 4.25. The summed E-state index contributed by atoms with van der Waals surface area (Å²) in [6.45, 7) is 0.180. The molecule has 10 nitrogen and oxygen atoms in total. The standard InChI is InChI=1S/C18H15BrN6O4S/c1-25-15(10-28-16-6-5-12(19)8-21-16)14(9-22-25)18-23-17(24-29-18)11-3-2-4-13(7-11)30(20,26)27/h2-9H,10H2,1H3,(H2,20,26,27). The van der Waals surface area contributed by atoms with Crippen molar-refractivity contribution >= 4 is 26.0 Å². The van der Waals surface area contributed by atoms with Gasteiger partial charge in [-0.3, -0.25) is 4.68 Å². The summed E-state index contributed by atoms with van der Waals surface area (Å²) in [4.78, 5) is 8.50. The normalized spacial score (nSPS) is 11.6. The van der Waals surface area contributed by atoms with Crippen LogP contribution in [0, 0.1) is 0 Å². The minimum Gasteiger partial charge on any atom is -0.471 e. The first-order valence-corrected chi connectivity index (χ1v) is 10.9. The van der Waals surface area contributed by atoms with Gasteiger partial charge in [0, 0.05) is 29.3 Å². The zero-order valence-electron chi connectivity index (χ0n) is 15.6. The lowest BCUT2D eigenvalue weighted by atomic mass is 10.2. The van der Waals surface area contributed by atoms with E-state index in [4.69, 9.17) is 14.4 Å². The highest BCUT2D eigenvalue weighted by Crippen LogP contribution is 2.26. The number of aromatic nitrogens is 5. The lowest BCUT2D eigenvalue weighted by Crippen LogP contribution is -2.11. The molecule has 0 aliphatic carbocycles. The molecule has 0 bridgehead atoms. The van der Waals surface area contributed by atoms with Gasteiger partial charge in [-0.1, -0.05) is 17.3 Å². The second kappa shape index (κ2) is 7.97. The number of sulfonamides is 1. The topological polar surface area (TPSA) is 139 Å². The maximum absolute atomic E-state index is 11.6. The highest BCUT2D eigenvalue weighted by atomic mass is 79.9. The smallest absolute Gasteiger partial charge is 0.261 e. The van der Waals surface area contributed by atoms with Crippen molar-refractivity contribution in [2.24, 2.45) is 12.2 Å². The number of primary sulfonamides is 1. The first-order valence-electron chi connectivity index (χ1n) is 8.54. The Labute approximate surface area is 179 Å².